The summed E-state index contributed by atoms with van der Waals surface area (Å²) in [6.45, 7) is 5.23. The molecule has 1 aromatic carbocycles. The minimum Gasteiger partial charge on any atom is -0.339 e. The first-order valence-corrected chi connectivity index (χ1v) is 8.41. The predicted molar refractivity (Wildman–Crippen MR) is 93.2 cm³/mol. The Morgan fingerprint density at radius 2 is 1.65 bits per heavy atom. The van der Waals surface area contributed by atoms with E-state index in [0.717, 1.165) is 18.9 Å². The van der Waals surface area contributed by atoms with E-state index in [-0.39, 0.29) is 17.5 Å². The first-order chi connectivity index (χ1) is 12.4. The lowest BCUT2D eigenvalue weighted by atomic mass is 10.1. The van der Waals surface area contributed by atoms with Crippen molar-refractivity contribution in [2.75, 3.05) is 18.4 Å². The van der Waals surface area contributed by atoms with Gasteiger partial charge in [-0.1, -0.05) is 26.0 Å². The molecule has 26 heavy (non-hydrogen) atoms. The van der Waals surface area contributed by atoms with E-state index in [1.807, 2.05) is 13.8 Å². The smallest absolute Gasteiger partial charge is 0.339 e. The van der Waals surface area contributed by atoms with E-state index in [0.29, 0.717) is 18.7 Å². The molecule has 0 saturated carbocycles. The molecule has 0 fully saturated rings. The molecule has 0 aliphatic carbocycles. The van der Waals surface area contributed by atoms with E-state index < -0.39 is 11.7 Å². The number of hydrogen-bond acceptors (Lipinski definition) is 4. The number of carbonyl (C=O) groups excluding carboxylic acids is 1. The van der Waals surface area contributed by atoms with Crippen molar-refractivity contribution in [3.05, 3.63) is 47.8 Å². The van der Waals surface area contributed by atoms with E-state index in [2.05, 4.69) is 15.3 Å². The van der Waals surface area contributed by atoms with Crippen LogP contribution < -0.4 is 5.32 Å². The van der Waals surface area contributed by atoms with Crippen LogP contribution in [0.2, 0.25) is 0 Å². The molecule has 0 spiro atoms. The summed E-state index contributed by atoms with van der Waals surface area (Å²) in [5.74, 6) is -0.188. The average Bonchev–Trinajstić information content (AvgIpc) is 2.61. The van der Waals surface area contributed by atoms with Crippen LogP contribution in [0.4, 0.5) is 24.8 Å². The van der Waals surface area contributed by atoms with Gasteiger partial charge in [-0.05, 0) is 25.0 Å². The van der Waals surface area contributed by atoms with Crippen molar-refractivity contribution in [2.24, 2.45) is 0 Å². The number of rotatable bonds is 7. The number of nitrogens with one attached hydrogen (secondary N) is 1. The molecule has 8 heteroatoms. The number of carbonyl (C=O) groups is 1. The Morgan fingerprint density at radius 3 is 2.19 bits per heavy atom. The summed E-state index contributed by atoms with van der Waals surface area (Å²) in [6.07, 6.45) is -0.167. The fourth-order valence-corrected chi connectivity index (χ4v) is 2.50. The summed E-state index contributed by atoms with van der Waals surface area (Å²) in [6, 6.07) is 5.08. The van der Waals surface area contributed by atoms with E-state index in [1.54, 1.807) is 4.90 Å². The molecule has 1 aromatic heterocycles. The van der Waals surface area contributed by atoms with Gasteiger partial charge in [0.15, 0.2) is 0 Å². The van der Waals surface area contributed by atoms with Crippen LogP contribution in [-0.2, 0) is 6.18 Å². The third-order valence-electron chi connectivity index (χ3n) is 3.65. The molecule has 140 valence electrons. The predicted octanol–water partition coefficient (Wildman–Crippen LogP) is 4.50. The maximum absolute atomic E-state index is 13.0. The van der Waals surface area contributed by atoms with Crippen molar-refractivity contribution < 1.29 is 18.0 Å². The highest BCUT2D eigenvalue weighted by molar-refractivity contribution is 5.93. The molecule has 1 heterocycles. The summed E-state index contributed by atoms with van der Waals surface area (Å²) in [4.78, 5) is 22.1. The van der Waals surface area contributed by atoms with Gasteiger partial charge in [0.2, 0.25) is 5.95 Å². The highest BCUT2D eigenvalue weighted by atomic mass is 19.4. The molecule has 0 aliphatic heterocycles. The Balaban J connectivity index is 2.17. The van der Waals surface area contributed by atoms with Crippen molar-refractivity contribution in [3.8, 4) is 0 Å². The molecule has 1 N–H and O–H groups in total. The third-order valence-corrected chi connectivity index (χ3v) is 3.65. The zero-order valence-electron chi connectivity index (χ0n) is 14.7. The molecular formula is C18H21F3N4O. The maximum Gasteiger partial charge on any atom is 0.418 e. The lowest BCUT2D eigenvalue weighted by Gasteiger charge is -2.21. The molecule has 2 aromatic rings. The minimum absolute atomic E-state index is 0.00390. The summed E-state index contributed by atoms with van der Waals surface area (Å²) >= 11 is 0. The average molecular weight is 366 g/mol. The zero-order valence-corrected chi connectivity index (χ0v) is 14.7. The van der Waals surface area contributed by atoms with Crippen LogP contribution in [-0.4, -0.2) is 33.9 Å². The van der Waals surface area contributed by atoms with Crippen LogP contribution in [0.3, 0.4) is 0 Å². The number of anilines is 2. The number of benzene rings is 1. The standard InChI is InChI=1S/C18H21F3N4O/c1-3-9-25(10-4-2)16(26)13-11-22-17(23-12-13)24-15-8-6-5-7-14(15)18(19,20)21/h5-8,11-12H,3-4,9-10H2,1-2H3,(H,22,23,24). The molecule has 2 rings (SSSR count). The van der Waals surface area contributed by atoms with Crippen LogP contribution in [0.15, 0.2) is 36.7 Å². The van der Waals surface area contributed by atoms with Gasteiger partial charge >= 0.3 is 6.18 Å². The second-order valence-corrected chi connectivity index (χ2v) is 5.76. The lowest BCUT2D eigenvalue weighted by molar-refractivity contribution is -0.136. The fraction of sp³-hybridized carbons (Fsp3) is 0.389. The van der Waals surface area contributed by atoms with Crippen molar-refractivity contribution >= 4 is 17.5 Å². The Morgan fingerprint density at radius 1 is 1.08 bits per heavy atom. The van der Waals surface area contributed by atoms with E-state index in [4.69, 9.17) is 0 Å². The second-order valence-electron chi connectivity index (χ2n) is 5.76. The number of alkyl halides is 3. The van der Waals surface area contributed by atoms with Crippen LogP contribution in [0.5, 0.6) is 0 Å². The van der Waals surface area contributed by atoms with Crippen LogP contribution in [0.1, 0.15) is 42.6 Å². The quantitative estimate of drug-likeness (QED) is 0.784. The number of para-hydroxylation sites is 1. The molecule has 0 radical (unpaired) electrons. The van der Waals surface area contributed by atoms with Gasteiger partial charge in [0.1, 0.15) is 0 Å². The lowest BCUT2D eigenvalue weighted by Crippen LogP contribution is -2.32. The van der Waals surface area contributed by atoms with Crippen LogP contribution >= 0.6 is 0 Å². The maximum atomic E-state index is 13.0. The van der Waals surface area contributed by atoms with Crippen molar-refractivity contribution in [1.82, 2.24) is 14.9 Å². The Labute approximate surface area is 150 Å². The van der Waals surface area contributed by atoms with E-state index >= 15 is 0 Å². The minimum atomic E-state index is -4.49. The number of nitrogens with zero attached hydrogens (tertiary/aromatic N) is 3. The SMILES string of the molecule is CCCN(CCC)C(=O)c1cnc(Nc2ccccc2C(F)(F)F)nc1. The molecule has 5 nitrogen and oxygen atoms in total. The Kier molecular flexibility index (Phi) is 6.54. The number of amides is 1. The largest absolute Gasteiger partial charge is 0.418 e. The highest BCUT2D eigenvalue weighted by Crippen LogP contribution is 2.35. The Bertz CT molecular complexity index is 726. The Hall–Kier alpha value is -2.64. The summed E-state index contributed by atoms with van der Waals surface area (Å²) in [5.41, 5.74) is -0.639. The molecule has 0 saturated heterocycles. The molecule has 1 amide bonds. The fourth-order valence-electron chi connectivity index (χ4n) is 2.50. The highest BCUT2D eigenvalue weighted by Gasteiger charge is 2.33. The molecule has 0 aliphatic rings. The van der Waals surface area contributed by atoms with E-state index in [1.165, 1.54) is 30.6 Å². The summed E-state index contributed by atoms with van der Waals surface area (Å²) in [5, 5.41) is 2.56. The van der Waals surface area contributed by atoms with Crippen molar-refractivity contribution in [2.45, 2.75) is 32.9 Å². The summed E-state index contributed by atoms with van der Waals surface area (Å²) in [7, 11) is 0. The van der Waals surface area contributed by atoms with Gasteiger partial charge in [0.05, 0.1) is 16.8 Å². The topological polar surface area (TPSA) is 58.1 Å². The van der Waals surface area contributed by atoms with E-state index in [9.17, 15) is 18.0 Å². The van der Waals surface area contributed by atoms with Gasteiger partial charge in [0.25, 0.3) is 5.91 Å². The van der Waals surface area contributed by atoms with Gasteiger partial charge in [0, 0.05) is 25.5 Å². The first kappa shape index (κ1) is 19.7. The second kappa shape index (κ2) is 8.64. The number of hydrogen-bond donors (Lipinski definition) is 1. The monoisotopic (exact) mass is 366 g/mol. The third kappa shape index (κ3) is 4.93. The van der Waals surface area contributed by atoms with Gasteiger partial charge in [-0.2, -0.15) is 13.2 Å². The summed E-state index contributed by atoms with van der Waals surface area (Å²) < 4.78 is 39.1. The zero-order chi connectivity index (χ0) is 19.2. The molecular weight excluding hydrogens is 345 g/mol. The van der Waals surface area contributed by atoms with Gasteiger partial charge in [-0.25, -0.2) is 9.97 Å². The molecule has 0 unspecified atom stereocenters. The number of aromatic nitrogens is 2. The van der Waals surface area contributed by atoms with Crippen LogP contribution in [0, 0.1) is 0 Å². The molecule has 0 bridgehead atoms. The van der Waals surface area contributed by atoms with Crippen molar-refractivity contribution in [1.29, 1.82) is 0 Å². The van der Waals surface area contributed by atoms with Crippen LogP contribution in [0.25, 0.3) is 0 Å². The first-order valence-electron chi connectivity index (χ1n) is 8.41. The number of halogens is 3. The molecule has 0 atom stereocenters. The normalized spacial score (nSPS) is 11.3. The van der Waals surface area contributed by atoms with Gasteiger partial charge < -0.3 is 10.2 Å². The van der Waals surface area contributed by atoms with Crippen molar-refractivity contribution in [3.63, 3.8) is 0 Å². The van der Waals surface area contributed by atoms with Gasteiger partial charge in [-0.3, -0.25) is 4.79 Å². The van der Waals surface area contributed by atoms with Gasteiger partial charge in [-0.15, -0.1) is 0 Å².